The van der Waals surface area contributed by atoms with Crippen LogP contribution >= 0.6 is 12.6 Å². The third kappa shape index (κ3) is 2.94. The number of aromatic nitrogens is 2. The van der Waals surface area contributed by atoms with Crippen molar-refractivity contribution in [3.63, 3.8) is 0 Å². The van der Waals surface area contributed by atoms with Crippen LogP contribution < -0.4 is 5.56 Å². The first-order valence-corrected chi connectivity index (χ1v) is 12.3. The molecule has 0 spiro atoms. The molecule has 2 aliphatic heterocycles. The molecule has 5 rings (SSSR count). The molecule has 0 fully saturated rings. The standard InChI is InChI=1S/C26H27FN2O4S/c1-5-13-14-9-29-20(7-17-15(24(29)30)10-33-25(31)26(17,32)6-2)23(14)28-19-8-18(27)16(11-34)21(12(3)4)22(13)19/h7-8,12,32,34H,5-6,9-11H2,1-4H3/t26-/m0/s1. The molecule has 6 nitrogen and oxygen atoms in total. The average Bonchev–Trinajstić information content (AvgIpc) is 3.18. The molecular weight excluding hydrogens is 455 g/mol. The van der Waals surface area contributed by atoms with Crippen molar-refractivity contribution in [3.8, 4) is 11.4 Å². The number of rotatable bonds is 4. The van der Waals surface area contributed by atoms with Crippen LogP contribution in [0.15, 0.2) is 16.9 Å². The lowest BCUT2D eigenvalue weighted by atomic mass is 9.85. The Morgan fingerprint density at radius 1 is 1.24 bits per heavy atom. The zero-order valence-corrected chi connectivity index (χ0v) is 20.6. The fourth-order valence-corrected chi connectivity index (χ4v) is 5.89. The van der Waals surface area contributed by atoms with Crippen molar-refractivity contribution in [2.75, 3.05) is 0 Å². The first-order chi connectivity index (χ1) is 16.2. The van der Waals surface area contributed by atoms with E-state index in [1.165, 1.54) is 6.07 Å². The van der Waals surface area contributed by atoms with E-state index < -0.39 is 11.6 Å². The third-order valence-electron chi connectivity index (χ3n) is 7.28. The summed E-state index contributed by atoms with van der Waals surface area (Å²) in [6.45, 7) is 7.93. The summed E-state index contributed by atoms with van der Waals surface area (Å²) in [4.78, 5) is 30.7. The van der Waals surface area contributed by atoms with E-state index in [0.29, 0.717) is 35.4 Å². The lowest BCUT2D eigenvalue weighted by Gasteiger charge is -2.31. The molecule has 3 aromatic rings. The number of benzene rings is 1. The lowest BCUT2D eigenvalue weighted by Crippen LogP contribution is -2.44. The van der Waals surface area contributed by atoms with Crippen molar-refractivity contribution in [2.24, 2.45) is 0 Å². The predicted octanol–water partition coefficient (Wildman–Crippen LogP) is 4.33. The highest BCUT2D eigenvalue weighted by Crippen LogP contribution is 2.42. The summed E-state index contributed by atoms with van der Waals surface area (Å²) in [5.41, 5.74) is 3.46. The molecule has 0 aliphatic carbocycles. The average molecular weight is 483 g/mol. The molecule has 1 N–H and O–H groups in total. The number of aryl methyl sites for hydroxylation is 1. The summed E-state index contributed by atoms with van der Waals surface area (Å²) in [6.07, 6.45) is 0.761. The molecule has 8 heteroatoms. The summed E-state index contributed by atoms with van der Waals surface area (Å²) in [6, 6.07) is 3.14. The largest absolute Gasteiger partial charge is 0.458 e. The smallest absolute Gasteiger partial charge is 0.343 e. The van der Waals surface area contributed by atoms with E-state index in [1.807, 2.05) is 20.8 Å². The van der Waals surface area contributed by atoms with Gasteiger partial charge in [-0.05, 0) is 36.0 Å². The van der Waals surface area contributed by atoms with Crippen LogP contribution in [-0.2, 0) is 40.5 Å². The molecule has 2 aromatic heterocycles. The number of halogens is 1. The summed E-state index contributed by atoms with van der Waals surface area (Å²) >= 11 is 4.38. The topological polar surface area (TPSA) is 81.4 Å². The minimum absolute atomic E-state index is 0.0621. The summed E-state index contributed by atoms with van der Waals surface area (Å²) in [5, 5.41) is 12.0. The number of aliphatic hydroxyl groups is 1. The van der Waals surface area contributed by atoms with Gasteiger partial charge in [-0.1, -0.05) is 27.7 Å². The van der Waals surface area contributed by atoms with Crippen LogP contribution in [0.3, 0.4) is 0 Å². The van der Waals surface area contributed by atoms with E-state index in [2.05, 4.69) is 12.6 Å². The Hall–Kier alpha value is -2.71. The summed E-state index contributed by atoms with van der Waals surface area (Å²) in [7, 11) is 0. The Kier molecular flexibility index (Phi) is 5.37. The highest BCUT2D eigenvalue weighted by Gasteiger charge is 2.45. The molecule has 34 heavy (non-hydrogen) atoms. The van der Waals surface area contributed by atoms with Gasteiger partial charge in [0.15, 0.2) is 5.60 Å². The van der Waals surface area contributed by atoms with Crippen LogP contribution in [0.5, 0.6) is 0 Å². The fraction of sp³-hybridized carbons (Fsp3) is 0.423. The number of hydrogen-bond acceptors (Lipinski definition) is 6. The molecule has 2 aliphatic rings. The van der Waals surface area contributed by atoms with Crippen LogP contribution in [0.1, 0.15) is 73.4 Å². The van der Waals surface area contributed by atoms with Gasteiger partial charge in [0.05, 0.1) is 29.0 Å². The number of carbonyl (C=O) groups excluding carboxylic acids is 1. The monoisotopic (exact) mass is 482 g/mol. The molecule has 178 valence electrons. The Bertz CT molecular complexity index is 1450. The Morgan fingerprint density at radius 3 is 2.59 bits per heavy atom. The van der Waals surface area contributed by atoms with Gasteiger partial charge < -0.3 is 14.4 Å². The van der Waals surface area contributed by atoms with Gasteiger partial charge in [0, 0.05) is 33.9 Å². The van der Waals surface area contributed by atoms with E-state index in [9.17, 15) is 14.7 Å². The van der Waals surface area contributed by atoms with Crippen molar-refractivity contribution < 1.29 is 19.0 Å². The number of cyclic esters (lactones) is 1. The van der Waals surface area contributed by atoms with E-state index >= 15 is 4.39 Å². The van der Waals surface area contributed by atoms with Crippen LogP contribution in [0.4, 0.5) is 4.39 Å². The van der Waals surface area contributed by atoms with Crippen LogP contribution in [0.2, 0.25) is 0 Å². The molecule has 1 aromatic carbocycles. The number of fused-ring (bicyclic) bond motifs is 5. The van der Waals surface area contributed by atoms with Gasteiger partial charge in [0.1, 0.15) is 12.4 Å². The maximum atomic E-state index is 15.1. The molecule has 4 heterocycles. The number of hydrogen-bond donors (Lipinski definition) is 2. The van der Waals surface area contributed by atoms with Gasteiger partial charge >= 0.3 is 5.97 Å². The van der Waals surface area contributed by atoms with E-state index in [1.54, 1.807) is 17.6 Å². The zero-order valence-electron chi connectivity index (χ0n) is 19.7. The van der Waals surface area contributed by atoms with Gasteiger partial charge in [-0.25, -0.2) is 14.2 Å². The number of carbonyl (C=O) groups is 1. The fourth-order valence-electron chi connectivity index (χ4n) is 5.56. The van der Waals surface area contributed by atoms with E-state index in [4.69, 9.17) is 9.72 Å². The van der Waals surface area contributed by atoms with Crippen molar-refractivity contribution in [2.45, 2.75) is 71.0 Å². The van der Waals surface area contributed by atoms with Gasteiger partial charge in [-0.2, -0.15) is 12.6 Å². The first kappa shape index (κ1) is 23.1. The summed E-state index contributed by atoms with van der Waals surface area (Å²) < 4.78 is 21.8. The number of pyridine rings is 2. The second-order valence-corrected chi connectivity index (χ2v) is 9.65. The van der Waals surface area contributed by atoms with Crippen LogP contribution in [0.25, 0.3) is 22.3 Å². The van der Waals surface area contributed by atoms with Crippen LogP contribution in [-0.4, -0.2) is 20.6 Å². The number of nitrogens with zero attached hydrogens (tertiary/aromatic N) is 2. The zero-order chi connectivity index (χ0) is 24.5. The van der Waals surface area contributed by atoms with E-state index in [-0.39, 0.29) is 47.2 Å². The Balaban J connectivity index is 1.87. The second-order valence-electron chi connectivity index (χ2n) is 9.33. The van der Waals surface area contributed by atoms with Crippen molar-refractivity contribution in [3.05, 3.63) is 61.7 Å². The number of ether oxygens (including phenoxy) is 1. The van der Waals surface area contributed by atoms with Gasteiger partial charge in [-0.3, -0.25) is 4.79 Å². The molecular formula is C26H27FN2O4S. The molecule has 0 saturated heterocycles. The van der Waals surface area contributed by atoms with Gasteiger partial charge in [0.2, 0.25) is 0 Å². The lowest BCUT2D eigenvalue weighted by molar-refractivity contribution is -0.172. The predicted molar refractivity (Wildman–Crippen MR) is 131 cm³/mol. The minimum atomic E-state index is -1.88. The SMILES string of the molecule is CCc1c2c(nc3cc(F)c(CS)c(C(C)C)c13)-c1cc3c(c(=O)n1C2)COC(=O)[C@]3(O)CC. The molecule has 0 amide bonds. The maximum absolute atomic E-state index is 15.1. The molecule has 0 bridgehead atoms. The highest BCUT2D eigenvalue weighted by atomic mass is 32.1. The summed E-state index contributed by atoms with van der Waals surface area (Å²) in [5.74, 6) is -0.753. The Morgan fingerprint density at radius 2 is 1.97 bits per heavy atom. The number of esters is 1. The third-order valence-corrected chi connectivity index (χ3v) is 7.59. The van der Waals surface area contributed by atoms with Gasteiger partial charge in [-0.15, -0.1) is 0 Å². The quantitative estimate of drug-likeness (QED) is 0.334. The minimum Gasteiger partial charge on any atom is -0.458 e. The number of thiol groups is 1. The molecule has 1 atom stereocenters. The second kappa shape index (κ2) is 7.92. The molecule has 0 saturated carbocycles. The highest BCUT2D eigenvalue weighted by molar-refractivity contribution is 7.79. The van der Waals surface area contributed by atoms with Crippen LogP contribution in [0, 0.1) is 5.82 Å². The van der Waals surface area contributed by atoms with E-state index in [0.717, 1.165) is 22.1 Å². The maximum Gasteiger partial charge on any atom is 0.343 e. The van der Waals surface area contributed by atoms with Crippen molar-refractivity contribution in [1.29, 1.82) is 0 Å². The normalized spacial score (nSPS) is 18.8. The van der Waals surface area contributed by atoms with Crippen molar-refractivity contribution in [1.82, 2.24) is 9.55 Å². The van der Waals surface area contributed by atoms with Crippen molar-refractivity contribution >= 4 is 29.5 Å². The first-order valence-electron chi connectivity index (χ1n) is 11.6. The Labute approximate surface area is 202 Å². The molecule has 0 unspecified atom stereocenters. The molecule has 0 radical (unpaired) electrons. The van der Waals surface area contributed by atoms with Gasteiger partial charge in [0.25, 0.3) is 5.56 Å².